The van der Waals surface area contributed by atoms with Crippen molar-refractivity contribution in [3.05, 3.63) is 36.0 Å². The van der Waals surface area contributed by atoms with E-state index in [1.54, 1.807) is 44.0 Å². The number of amides is 1. The summed E-state index contributed by atoms with van der Waals surface area (Å²) in [6.45, 7) is 5.40. The Kier molecular flexibility index (Phi) is 6.96. The van der Waals surface area contributed by atoms with E-state index in [4.69, 9.17) is 9.47 Å². The van der Waals surface area contributed by atoms with Crippen LogP contribution in [0.15, 0.2) is 50.9 Å². The zero-order valence-corrected chi connectivity index (χ0v) is 21.9. The second-order valence-corrected chi connectivity index (χ2v) is 12.3. The number of amidine groups is 1. The molecule has 37 heavy (non-hydrogen) atoms. The largest absolute Gasteiger partial charge is 0.458 e. The molecule has 2 saturated heterocycles. The molecule has 11 nitrogen and oxygen atoms in total. The molecule has 1 aromatic carbocycles. The van der Waals surface area contributed by atoms with E-state index in [1.165, 1.54) is 18.3 Å². The van der Waals surface area contributed by atoms with Crippen LogP contribution in [0.4, 0.5) is 5.69 Å². The fourth-order valence-corrected chi connectivity index (χ4v) is 5.11. The first-order valence-electron chi connectivity index (χ1n) is 11.8. The van der Waals surface area contributed by atoms with Crippen LogP contribution >= 0.6 is 0 Å². The van der Waals surface area contributed by atoms with Crippen LogP contribution in [0.5, 0.6) is 0 Å². The van der Waals surface area contributed by atoms with Gasteiger partial charge in [0.2, 0.25) is 0 Å². The third kappa shape index (κ3) is 5.57. The van der Waals surface area contributed by atoms with Gasteiger partial charge in [0, 0.05) is 12.5 Å². The maximum absolute atomic E-state index is 12.8. The number of benzene rings is 1. The summed E-state index contributed by atoms with van der Waals surface area (Å²) in [6.07, 6.45) is 4.26. The molecule has 0 aromatic heterocycles. The van der Waals surface area contributed by atoms with Crippen molar-refractivity contribution in [1.29, 1.82) is 5.26 Å². The maximum atomic E-state index is 12.8. The molecule has 196 valence electrons. The van der Waals surface area contributed by atoms with Crippen LogP contribution in [0, 0.1) is 17.2 Å². The molecule has 0 spiro atoms. The van der Waals surface area contributed by atoms with E-state index >= 15 is 0 Å². The fourth-order valence-electron chi connectivity index (χ4n) is 4.48. The average molecular weight is 528 g/mol. The number of nitriles is 1. The standard InChI is InChI=1S/C25H29N5O6S/c1-24(2,3)36-23(32)19-9-11-25(12-13-26,15-35-19)30-18-10-14-27-22(31)20(18)21(29-30)28-16-5-7-17(8-6-16)37(4,33)34/h5-8,10,14,19-20H,9,11-12,15H2,1-4H3,(H,28,29)/t19-,20?,25-/m1/s1. The first kappa shape index (κ1) is 26.5. The molecule has 1 unspecified atom stereocenters. The predicted octanol–water partition coefficient (Wildman–Crippen LogP) is 2.22. The van der Waals surface area contributed by atoms with Gasteiger partial charge in [-0.3, -0.25) is 15.2 Å². The van der Waals surface area contributed by atoms with E-state index in [-0.39, 0.29) is 17.9 Å². The van der Waals surface area contributed by atoms with Crippen molar-refractivity contribution >= 4 is 39.5 Å². The van der Waals surface area contributed by atoms with Crippen molar-refractivity contribution < 1.29 is 27.5 Å². The summed E-state index contributed by atoms with van der Waals surface area (Å²) in [5.41, 5.74) is 2.67. The fraction of sp³-hybridized carbons (Fsp3) is 0.480. The van der Waals surface area contributed by atoms with Crippen LogP contribution in [-0.4, -0.2) is 67.5 Å². The number of hydrazine groups is 1. The van der Waals surface area contributed by atoms with Gasteiger partial charge in [0.05, 0.1) is 40.9 Å². The molecule has 0 radical (unpaired) electrons. The van der Waals surface area contributed by atoms with Crippen LogP contribution in [-0.2, 0) is 28.9 Å². The maximum Gasteiger partial charge on any atom is 0.335 e. The SMILES string of the molecule is CC(C)(C)OC(=O)[C@H]1CC[C@](CC#N)(N2NC(=Nc3ccc(S(C)(=O)=O)cc3)C3C(=O)N=CC=C32)CO1. The summed E-state index contributed by atoms with van der Waals surface area (Å²) < 4.78 is 34.9. The Morgan fingerprint density at radius 2 is 2.05 bits per heavy atom. The zero-order chi connectivity index (χ0) is 27.0. The van der Waals surface area contributed by atoms with E-state index in [0.717, 1.165) is 6.26 Å². The highest BCUT2D eigenvalue weighted by Crippen LogP contribution is 2.40. The number of fused-ring (bicyclic) bond motifs is 1. The third-order valence-corrected chi connectivity index (χ3v) is 7.37. The Morgan fingerprint density at radius 1 is 1.35 bits per heavy atom. The summed E-state index contributed by atoms with van der Waals surface area (Å²) >= 11 is 0. The molecule has 1 amide bonds. The molecule has 1 aromatic rings. The summed E-state index contributed by atoms with van der Waals surface area (Å²) in [4.78, 5) is 34.0. The lowest BCUT2D eigenvalue weighted by Crippen LogP contribution is -2.58. The second kappa shape index (κ2) is 9.72. The molecule has 3 aliphatic rings. The monoisotopic (exact) mass is 527 g/mol. The van der Waals surface area contributed by atoms with Crippen LogP contribution in [0.1, 0.15) is 40.0 Å². The number of dihydropyridines is 1. The Morgan fingerprint density at radius 3 is 2.62 bits per heavy atom. The van der Waals surface area contributed by atoms with E-state index in [0.29, 0.717) is 30.1 Å². The van der Waals surface area contributed by atoms with Gasteiger partial charge in [0.15, 0.2) is 15.9 Å². The van der Waals surface area contributed by atoms with Gasteiger partial charge in [-0.25, -0.2) is 23.2 Å². The molecule has 3 atom stereocenters. The van der Waals surface area contributed by atoms with E-state index < -0.39 is 44.9 Å². The lowest BCUT2D eigenvalue weighted by atomic mass is 9.85. The van der Waals surface area contributed by atoms with Gasteiger partial charge < -0.3 is 9.47 Å². The summed E-state index contributed by atoms with van der Waals surface area (Å²) in [7, 11) is -3.37. The van der Waals surface area contributed by atoms with Gasteiger partial charge in [0.25, 0.3) is 5.91 Å². The zero-order valence-electron chi connectivity index (χ0n) is 21.1. The van der Waals surface area contributed by atoms with Crippen molar-refractivity contribution in [3.8, 4) is 6.07 Å². The van der Waals surface area contributed by atoms with Crippen LogP contribution in [0.25, 0.3) is 0 Å². The molecular weight excluding hydrogens is 498 g/mol. The Labute approximate surface area is 215 Å². The first-order chi connectivity index (χ1) is 17.3. The number of esters is 1. The van der Waals surface area contributed by atoms with Gasteiger partial charge in [0.1, 0.15) is 17.4 Å². The van der Waals surface area contributed by atoms with Crippen LogP contribution in [0.2, 0.25) is 0 Å². The number of allylic oxidation sites excluding steroid dienone is 1. The van der Waals surface area contributed by atoms with Gasteiger partial charge in [-0.2, -0.15) is 5.26 Å². The van der Waals surface area contributed by atoms with Crippen molar-refractivity contribution in [1.82, 2.24) is 10.4 Å². The predicted molar refractivity (Wildman–Crippen MR) is 134 cm³/mol. The normalized spacial score (nSPS) is 26.8. The number of hydrogen-bond acceptors (Lipinski definition) is 9. The molecule has 0 aliphatic carbocycles. The van der Waals surface area contributed by atoms with Crippen molar-refractivity contribution in [2.45, 2.75) is 62.2 Å². The molecule has 0 saturated carbocycles. The number of ether oxygens (including phenoxy) is 2. The van der Waals surface area contributed by atoms with Crippen LogP contribution < -0.4 is 5.43 Å². The van der Waals surface area contributed by atoms with E-state index in [9.17, 15) is 23.3 Å². The van der Waals surface area contributed by atoms with E-state index in [2.05, 4.69) is 21.5 Å². The number of nitrogens with one attached hydrogen (secondary N) is 1. The first-order valence-corrected chi connectivity index (χ1v) is 13.7. The van der Waals surface area contributed by atoms with Gasteiger partial charge in [-0.05, 0) is 64.0 Å². The number of carbonyl (C=O) groups is 2. The molecule has 0 bridgehead atoms. The number of rotatable bonds is 5. The lowest BCUT2D eigenvalue weighted by molar-refractivity contribution is -0.178. The minimum Gasteiger partial charge on any atom is -0.458 e. The van der Waals surface area contributed by atoms with Crippen molar-refractivity contribution in [3.63, 3.8) is 0 Å². The van der Waals surface area contributed by atoms with Gasteiger partial charge in [-0.1, -0.05) is 0 Å². The van der Waals surface area contributed by atoms with Gasteiger partial charge in [-0.15, -0.1) is 0 Å². The lowest BCUT2D eigenvalue weighted by Gasteiger charge is -2.45. The second-order valence-electron chi connectivity index (χ2n) is 10.3. The van der Waals surface area contributed by atoms with E-state index in [1.807, 2.05) is 0 Å². The molecule has 4 rings (SSSR count). The average Bonchev–Trinajstić information content (AvgIpc) is 3.18. The summed E-state index contributed by atoms with van der Waals surface area (Å²) in [6, 6.07) is 8.20. The minimum atomic E-state index is -3.37. The third-order valence-electron chi connectivity index (χ3n) is 6.24. The van der Waals surface area contributed by atoms with Crippen molar-refractivity contribution in [2.24, 2.45) is 15.9 Å². The molecule has 12 heteroatoms. The minimum absolute atomic E-state index is 0.0448. The molecule has 2 fully saturated rings. The number of carbonyl (C=O) groups excluding carboxylic acids is 2. The Hall–Kier alpha value is -3.56. The number of hydrogen-bond donors (Lipinski definition) is 1. The highest BCUT2D eigenvalue weighted by Gasteiger charge is 2.51. The van der Waals surface area contributed by atoms with Crippen molar-refractivity contribution in [2.75, 3.05) is 12.9 Å². The number of sulfone groups is 1. The quantitative estimate of drug-likeness (QED) is 0.568. The molecule has 3 aliphatic heterocycles. The smallest absolute Gasteiger partial charge is 0.335 e. The highest BCUT2D eigenvalue weighted by atomic mass is 32.2. The summed E-state index contributed by atoms with van der Waals surface area (Å²) in [5.74, 6) is -1.40. The van der Waals surface area contributed by atoms with Crippen LogP contribution in [0.3, 0.4) is 0 Å². The molecule has 3 heterocycles. The number of aliphatic imine (C=N–C) groups is 2. The topological polar surface area (TPSA) is 151 Å². The number of nitrogens with zero attached hydrogens (tertiary/aromatic N) is 4. The summed E-state index contributed by atoms with van der Waals surface area (Å²) in [5, 5.41) is 11.4. The Bertz CT molecular complexity index is 1330. The molecule has 1 N–H and O–H groups in total. The Balaban J connectivity index is 1.63. The molecular formula is C25H29N5O6S. The highest BCUT2D eigenvalue weighted by molar-refractivity contribution is 7.90. The van der Waals surface area contributed by atoms with Gasteiger partial charge >= 0.3 is 5.97 Å².